The largest absolute Gasteiger partial charge is 0.463 e. The van der Waals surface area contributed by atoms with Gasteiger partial charge in [-0.05, 0) is 66.2 Å². The summed E-state index contributed by atoms with van der Waals surface area (Å²) in [5.74, 6) is 0.212. The lowest BCUT2D eigenvalue weighted by Gasteiger charge is -2.39. The Morgan fingerprint density at radius 2 is 2.07 bits per heavy atom. The molecule has 0 amide bonds. The van der Waals surface area contributed by atoms with Crippen LogP contribution in [0.15, 0.2) is 42.0 Å². The van der Waals surface area contributed by atoms with Gasteiger partial charge in [0.25, 0.3) is 0 Å². The highest BCUT2D eigenvalue weighted by atomic mass is 16.7. The van der Waals surface area contributed by atoms with Crippen molar-refractivity contribution < 1.29 is 14.4 Å². The zero-order chi connectivity index (χ0) is 20.5. The molecule has 1 aliphatic heterocycles. The number of anilines is 1. The van der Waals surface area contributed by atoms with E-state index in [2.05, 4.69) is 45.0 Å². The molecule has 152 valence electrons. The lowest BCUT2D eigenvalue weighted by atomic mass is 9.76. The number of nitrogens with zero attached hydrogens (tertiary/aromatic N) is 1. The van der Waals surface area contributed by atoms with Crippen LogP contribution in [0.5, 0.6) is 0 Å². The van der Waals surface area contributed by atoms with E-state index in [0.717, 1.165) is 25.0 Å². The van der Waals surface area contributed by atoms with Gasteiger partial charge in [0, 0.05) is 12.6 Å². The van der Waals surface area contributed by atoms with Gasteiger partial charge in [-0.2, -0.15) is 0 Å². The number of benzene rings is 1. The van der Waals surface area contributed by atoms with E-state index < -0.39 is 0 Å². The van der Waals surface area contributed by atoms with Gasteiger partial charge in [-0.3, -0.25) is 9.90 Å². The van der Waals surface area contributed by atoms with Crippen molar-refractivity contribution in [2.75, 3.05) is 25.3 Å². The maximum Gasteiger partial charge on any atom is 0.330 e. The number of hydroxylamine groups is 1. The molecule has 0 spiro atoms. The molecular weight excluding hydrogens is 350 g/mol. The molecule has 1 aromatic carbocycles. The van der Waals surface area contributed by atoms with Gasteiger partial charge in [-0.25, -0.2) is 4.79 Å². The fourth-order valence-corrected chi connectivity index (χ4v) is 4.17. The third-order valence-corrected chi connectivity index (χ3v) is 6.34. The summed E-state index contributed by atoms with van der Waals surface area (Å²) in [5.41, 5.74) is 5.17. The van der Waals surface area contributed by atoms with Crippen LogP contribution in [-0.2, 0) is 25.2 Å². The molecule has 2 atom stereocenters. The quantitative estimate of drug-likeness (QED) is 0.390. The molecule has 2 aliphatic rings. The van der Waals surface area contributed by atoms with Crippen LogP contribution in [0, 0.1) is 5.92 Å². The number of hydrogen-bond acceptors (Lipinski definition) is 4. The van der Waals surface area contributed by atoms with E-state index in [1.165, 1.54) is 16.8 Å². The van der Waals surface area contributed by atoms with Gasteiger partial charge >= 0.3 is 5.97 Å². The van der Waals surface area contributed by atoms with Gasteiger partial charge < -0.3 is 4.74 Å². The van der Waals surface area contributed by atoms with Crippen molar-refractivity contribution in [3.05, 3.63) is 53.1 Å². The summed E-state index contributed by atoms with van der Waals surface area (Å²) in [5, 5.41) is 2.00. The van der Waals surface area contributed by atoms with Gasteiger partial charge in [0.15, 0.2) is 0 Å². The van der Waals surface area contributed by atoms with Gasteiger partial charge in [0.1, 0.15) is 0 Å². The van der Waals surface area contributed by atoms with Gasteiger partial charge in [0.05, 0.1) is 19.4 Å². The van der Waals surface area contributed by atoms with Crippen LogP contribution >= 0.6 is 0 Å². The standard InChI is InChI=1S/C24H33NO3/c1-7-28-22(26)14-17(2)8-9-19-16-24(19,5)18-10-11-21-20(15-18)23(3,4)12-13-25(21)27-6/h8-11,14-15,19H,7,12-13,16H2,1-6H3/b9-8+,17-14+/t19-,24-/m1/s1. The van der Waals surface area contributed by atoms with Crippen LogP contribution in [-0.4, -0.2) is 26.2 Å². The Kier molecular flexibility index (Phi) is 5.72. The molecule has 0 saturated heterocycles. The van der Waals surface area contributed by atoms with Gasteiger partial charge in [-0.15, -0.1) is 0 Å². The Morgan fingerprint density at radius 1 is 1.32 bits per heavy atom. The minimum absolute atomic E-state index is 0.149. The fourth-order valence-electron chi connectivity index (χ4n) is 4.17. The van der Waals surface area contributed by atoms with Crippen LogP contribution in [0.1, 0.15) is 58.6 Å². The molecule has 1 fully saturated rings. The number of carbonyl (C=O) groups excluding carboxylic acids is 1. The average molecular weight is 384 g/mol. The molecule has 3 rings (SSSR count). The van der Waals surface area contributed by atoms with Crippen LogP contribution in [0.3, 0.4) is 0 Å². The molecule has 1 aliphatic carbocycles. The van der Waals surface area contributed by atoms with Crippen molar-refractivity contribution in [2.45, 2.75) is 58.3 Å². The topological polar surface area (TPSA) is 38.8 Å². The normalized spacial score (nSPS) is 26.3. The summed E-state index contributed by atoms with van der Waals surface area (Å²) in [6.45, 7) is 12.1. The first-order chi connectivity index (χ1) is 13.2. The van der Waals surface area contributed by atoms with Crippen LogP contribution in [0.4, 0.5) is 5.69 Å². The Labute approximate surface area is 169 Å². The second-order valence-electron chi connectivity index (χ2n) is 8.88. The van der Waals surface area contributed by atoms with Gasteiger partial charge in [-0.1, -0.05) is 45.1 Å². The lowest BCUT2D eigenvalue weighted by Crippen LogP contribution is -2.36. The smallest absolute Gasteiger partial charge is 0.330 e. The molecule has 0 aromatic heterocycles. The first-order valence-electron chi connectivity index (χ1n) is 10.2. The second-order valence-corrected chi connectivity index (χ2v) is 8.88. The highest BCUT2D eigenvalue weighted by molar-refractivity contribution is 5.83. The van der Waals surface area contributed by atoms with Crippen molar-refractivity contribution in [1.82, 2.24) is 0 Å². The van der Waals surface area contributed by atoms with E-state index in [1.54, 1.807) is 13.2 Å². The molecule has 28 heavy (non-hydrogen) atoms. The monoisotopic (exact) mass is 383 g/mol. The van der Waals surface area contributed by atoms with Crippen molar-refractivity contribution in [3.8, 4) is 0 Å². The molecule has 1 saturated carbocycles. The third-order valence-electron chi connectivity index (χ3n) is 6.34. The predicted molar refractivity (Wildman–Crippen MR) is 113 cm³/mol. The summed E-state index contributed by atoms with van der Waals surface area (Å²) < 4.78 is 4.97. The molecule has 0 bridgehead atoms. The van der Waals surface area contributed by atoms with Gasteiger partial charge in [0.2, 0.25) is 0 Å². The number of allylic oxidation sites excluding steroid dienone is 3. The molecule has 1 aromatic rings. The number of rotatable bonds is 6. The zero-order valence-corrected chi connectivity index (χ0v) is 18.0. The van der Waals surface area contributed by atoms with E-state index >= 15 is 0 Å². The zero-order valence-electron chi connectivity index (χ0n) is 18.0. The summed E-state index contributed by atoms with van der Waals surface area (Å²) in [4.78, 5) is 17.1. The fraction of sp³-hybridized carbons (Fsp3) is 0.542. The minimum Gasteiger partial charge on any atom is -0.463 e. The maximum absolute atomic E-state index is 11.6. The summed E-state index contributed by atoms with van der Waals surface area (Å²) in [7, 11) is 1.74. The van der Waals surface area contributed by atoms with Crippen molar-refractivity contribution in [3.63, 3.8) is 0 Å². The highest BCUT2D eigenvalue weighted by Crippen LogP contribution is 2.56. The first-order valence-corrected chi connectivity index (χ1v) is 10.2. The van der Waals surface area contributed by atoms with Crippen LogP contribution in [0.2, 0.25) is 0 Å². The molecule has 4 nitrogen and oxygen atoms in total. The minimum atomic E-state index is -0.275. The summed E-state index contributed by atoms with van der Waals surface area (Å²) >= 11 is 0. The van der Waals surface area contributed by atoms with Crippen LogP contribution in [0.25, 0.3) is 0 Å². The Bertz CT molecular complexity index is 808. The molecule has 0 N–H and O–H groups in total. The van der Waals surface area contributed by atoms with E-state index in [-0.39, 0.29) is 16.8 Å². The molecule has 0 unspecified atom stereocenters. The van der Waals surface area contributed by atoms with Crippen LogP contribution < -0.4 is 5.06 Å². The van der Waals surface area contributed by atoms with Crippen molar-refractivity contribution in [1.29, 1.82) is 0 Å². The number of fused-ring (bicyclic) bond motifs is 1. The van der Waals surface area contributed by atoms with E-state index in [1.807, 2.05) is 25.0 Å². The highest BCUT2D eigenvalue weighted by Gasteiger charge is 2.50. The maximum atomic E-state index is 11.6. The summed E-state index contributed by atoms with van der Waals surface area (Å²) in [6.07, 6.45) is 8.04. The molecule has 1 heterocycles. The molecule has 0 radical (unpaired) electrons. The SMILES string of the molecule is CCOC(=O)/C=C(C)/C=C/[C@@H]1C[C@]1(C)c1ccc2c(c1)C(C)(C)CCN2OC. The summed E-state index contributed by atoms with van der Waals surface area (Å²) in [6, 6.07) is 6.85. The Hall–Kier alpha value is -2.07. The Balaban J connectivity index is 1.78. The Morgan fingerprint density at radius 3 is 2.75 bits per heavy atom. The van der Waals surface area contributed by atoms with E-state index in [9.17, 15) is 4.79 Å². The van der Waals surface area contributed by atoms with Crippen molar-refractivity contribution in [2.24, 2.45) is 5.92 Å². The number of ether oxygens (including phenoxy) is 1. The van der Waals surface area contributed by atoms with Crippen molar-refractivity contribution >= 4 is 11.7 Å². The predicted octanol–water partition coefficient (Wildman–Crippen LogP) is 5.08. The number of hydrogen-bond donors (Lipinski definition) is 0. The average Bonchev–Trinajstić information content (AvgIpc) is 3.32. The second kappa shape index (κ2) is 7.75. The lowest BCUT2D eigenvalue weighted by molar-refractivity contribution is -0.137. The van der Waals surface area contributed by atoms with E-state index in [0.29, 0.717) is 12.5 Å². The third kappa shape index (κ3) is 4.02. The molecular formula is C24H33NO3. The van der Waals surface area contributed by atoms with E-state index in [4.69, 9.17) is 9.57 Å². The molecule has 4 heteroatoms. The number of carbonyl (C=O) groups is 1. The first kappa shape index (κ1) is 20.7. The number of esters is 1.